The first kappa shape index (κ1) is 16.5. The van der Waals surface area contributed by atoms with Crippen LogP contribution in [0, 0.1) is 0 Å². The molecule has 0 aliphatic rings. The number of esters is 1. The second kappa shape index (κ2) is 10.7. The Morgan fingerprint density at radius 3 is 2.71 bits per heavy atom. The highest BCUT2D eigenvalue weighted by Crippen LogP contribution is 1.96. The molecular formula is C11H23NO4S. The molecular weight excluding hydrogens is 242 g/mol. The summed E-state index contributed by atoms with van der Waals surface area (Å²) < 4.78 is 20.9. The number of carbonyl (C=O) groups excluding carboxylic acids is 1. The molecule has 2 atom stereocenters. The van der Waals surface area contributed by atoms with Crippen LogP contribution >= 0.6 is 0 Å². The molecule has 102 valence electrons. The minimum atomic E-state index is -0.760. The van der Waals surface area contributed by atoms with Crippen molar-refractivity contribution in [2.75, 3.05) is 39.2 Å². The maximum Gasteiger partial charge on any atom is 0.332 e. The van der Waals surface area contributed by atoms with Gasteiger partial charge in [-0.15, -0.1) is 0 Å². The summed E-state index contributed by atoms with van der Waals surface area (Å²) in [5.74, 6) is -0.331. The third kappa shape index (κ3) is 10.4. The van der Waals surface area contributed by atoms with Gasteiger partial charge < -0.3 is 14.8 Å². The molecule has 0 rings (SSSR count). The van der Waals surface area contributed by atoms with E-state index in [1.165, 1.54) is 0 Å². The van der Waals surface area contributed by atoms with Crippen LogP contribution in [0.1, 0.15) is 20.3 Å². The quantitative estimate of drug-likeness (QED) is 0.455. The van der Waals surface area contributed by atoms with Crippen LogP contribution in [0.5, 0.6) is 0 Å². The molecule has 6 heteroatoms. The van der Waals surface area contributed by atoms with Crippen molar-refractivity contribution in [3.05, 3.63) is 0 Å². The molecule has 0 fully saturated rings. The summed E-state index contributed by atoms with van der Waals surface area (Å²) in [6.07, 6.45) is 2.59. The summed E-state index contributed by atoms with van der Waals surface area (Å²) in [4.78, 5) is 10.9. The van der Waals surface area contributed by atoms with Crippen molar-refractivity contribution in [3.63, 3.8) is 0 Å². The summed E-state index contributed by atoms with van der Waals surface area (Å²) in [6.45, 7) is 6.08. The topological polar surface area (TPSA) is 64.6 Å². The Morgan fingerprint density at radius 2 is 2.12 bits per heavy atom. The van der Waals surface area contributed by atoms with Gasteiger partial charge in [-0.3, -0.25) is 4.21 Å². The number of hydrogen-bond acceptors (Lipinski definition) is 5. The van der Waals surface area contributed by atoms with E-state index in [-0.39, 0.29) is 17.8 Å². The van der Waals surface area contributed by atoms with Gasteiger partial charge in [0.1, 0.15) is 6.61 Å². The van der Waals surface area contributed by atoms with Crippen LogP contribution in [-0.2, 0) is 25.1 Å². The number of ether oxygens (including phenoxy) is 2. The lowest BCUT2D eigenvalue weighted by molar-refractivity contribution is -0.148. The first-order chi connectivity index (χ1) is 8.07. The second-order valence-corrected chi connectivity index (χ2v) is 5.51. The van der Waals surface area contributed by atoms with Crippen molar-refractivity contribution in [1.29, 1.82) is 0 Å². The van der Waals surface area contributed by atoms with E-state index in [1.807, 2.05) is 6.92 Å². The molecule has 0 spiro atoms. The van der Waals surface area contributed by atoms with Gasteiger partial charge in [-0.05, 0) is 19.9 Å². The van der Waals surface area contributed by atoms with Crippen molar-refractivity contribution in [3.8, 4) is 0 Å². The summed E-state index contributed by atoms with van der Waals surface area (Å²) >= 11 is 0. The Bertz CT molecular complexity index is 236. The van der Waals surface area contributed by atoms with Crippen molar-refractivity contribution in [1.82, 2.24) is 5.32 Å². The molecule has 5 nitrogen and oxygen atoms in total. The highest BCUT2D eigenvalue weighted by atomic mass is 32.2. The Hall–Kier alpha value is -0.460. The van der Waals surface area contributed by atoms with Crippen molar-refractivity contribution >= 4 is 16.8 Å². The Balaban J connectivity index is 3.24. The monoisotopic (exact) mass is 265 g/mol. The van der Waals surface area contributed by atoms with Gasteiger partial charge in [0.2, 0.25) is 0 Å². The van der Waals surface area contributed by atoms with E-state index in [9.17, 15) is 9.00 Å². The zero-order valence-corrected chi connectivity index (χ0v) is 11.7. The molecule has 0 bridgehead atoms. The standard InChI is InChI=1S/C11H23NO4S/c1-4-16-11(13)9-15-8-7-12-6-5-10(2)17(3)14/h10,12H,4-9H2,1-3H3. The minimum Gasteiger partial charge on any atom is -0.464 e. The van der Waals surface area contributed by atoms with Crippen LogP contribution in [0.4, 0.5) is 0 Å². The number of rotatable bonds is 10. The molecule has 0 amide bonds. The molecule has 1 N–H and O–H groups in total. The predicted octanol–water partition coefficient (Wildman–Crippen LogP) is 0.313. The molecule has 0 heterocycles. The van der Waals surface area contributed by atoms with Crippen molar-refractivity contribution in [2.45, 2.75) is 25.5 Å². The van der Waals surface area contributed by atoms with E-state index in [2.05, 4.69) is 5.32 Å². The largest absolute Gasteiger partial charge is 0.464 e. The van der Waals surface area contributed by atoms with Crippen molar-refractivity contribution < 1.29 is 18.5 Å². The van der Waals surface area contributed by atoms with E-state index in [1.54, 1.807) is 13.2 Å². The van der Waals surface area contributed by atoms with E-state index < -0.39 is 10.8 Å². The molecule has 0 aliphatic heterocycles. The third-order valence-electron chi connectivity index (χ3n) is 2.24. The van der Waals surface area contributed by atoms with Crippen LogP contribution in [0.3, 0.4) is 0 Å². The van der Waals surface area contributed by atoms with Crippen LogP contribution in [0.15, 0.2) is 0 Å². The SMILES string of the molecule is CCOC(=O)COCCNCCC(C)S(C)=O. The van der Waals surface area contributed by atoms with Gasteiger partial charge >= 0.3 is 5.97 Å². The lowest BCUT2D eigenvalue weighted by Crippen LogP contribution is -2.25. The van der Waals surface area contributed by atoms with Gasteiger partial charge in [-0.1, -0.05) is 6.92 Å². The fourth-order valence-electron chi connectivity index (χ4n) is 1.10. The maximum absolute atomic E-state index is 11.1. The zero-order valence-electron chi connectivity index (χ0n) is 10.9. The molecule has 0 aromatic carbocycles. The highest BCUT2D eigenvalue weighted by molar-refractivity contribution is 7.84. The number of hydrogen-bond donors (Lipinski definition) is 1. The molecule has 0 aromatic rings. The highest BCUT2D eigenvalue weighted by Gasteiger charge is 2.04. The van der Waals surface area contributed by atoms with Gasteiger partial charge in [0.05, 0.1) is 13.2 Å². The molecule has 0 aliphatic carbocycles. The fraction of sp³-hybridized carbons (Fsp3) is 0.909. The summed E-state index contributed by atoms with van der Waals surface area (Å²) in [5, 5.41) is 3.38. The molecule has 0 saturated carbocycles. The summed E-state index contributed by atoms with van der Waals surface area (Å²) in [6, 6.07) is 0. The first-order valence-electron chi connectivity index (χ1n) is 5.84. The van der Waals surface area contributed by atoms with Crippen LogP contribution in [0.2, 0.25) is 0 Å². The lowest BCUT2D eigenvalue weighted by Gasteiger charge is -2.09. The first-order valence-corrected chi connectivity index (χ1v) is 7.46. The van der Waals surface area contributed by atoms with Crippen molar-refractivity contribution in [2.24, 2.45) is 0 Å². The lowest BCUT2D eigenvalue weighted by atomic mass is 10.3. The predicted molar refractivity (Wildman–Crippen MR) is 68.5 cm³/mol. The van der Waals surface area contributed by atoms with E-state index in [0.717, 1.165) is 13.0 Å². The smallest absolute Gasteiger partial charge is 0.332 e. The van der Waals surface area contributed by atoms with Crippen LogP contribution < -0.4 is 5.32 Å². The van der Waals surface area contributed by atoms with Gasteiger partial charge in [-0.2, -0.15) is 0 Å². The third-order valence-corrected chi connectivity index (χ3v) is 3.61. The molecule has 0 radical (unpaired) electrons. The van der Waals surface area contributed by atoms with Gasteiger partial charge in [0.25, 0.3) is 0 Å². The van der Waals surface area contributed by atoms with E-state index in [0.29, 0.717) is 19.8 Å². The molecule has 2 unspecified atom stereocenters. The molecule has 0 saturated heterocycles. The Kier molecular flexibility index (Phi) is 10.4. The Labute approximate surface area is 106 Å². The van der Waals surface area contributed by atoms with E-state index >= 15 is 0 Å². The average molecular weight is 265 g/mol. The van der Waals surface area contributed by atoms with Gasteiger partial charge in [-0.25, -0.2) is 4.79 Å². The Morgan fingerprint density at radius 1 is 1.41 bits per heavy atom. The normalized spacial score (nSPS) is 14.3. The van der Waals surface area contributed by atoms with Crippen LogP contribution in [0.25, 0.3) is 0 Å². The number of carbonyl (C=O) groups is 1. The number of nitrogens with one attached hydrogen (secondary N) is 1. The van der Waals surface area contributed by atoms with Crippen LogP contribution in [-0.4, -0.2) is 54.6 Å². The fourth-order valence-corrected chi connectivity index (χ4v) is 1.55. The maximum atomic E-state index is 11.1. The second-order valence-electron chi connectivity index (χ2n) is 3.71. The molecule has 17 heavy (non-hydrogen) atoms. The van der Waals surface area contributed by atoms with Gasteiger partial charge in [0, 0.05) is 28.9 Å². The zero-order chi connectivity index (χ0) is 13.1. The van der Waals surface area contributed by atoms with E-state index in [4.69, 9.17) is 9.47 Å². The molecule has 0 aromatic heterocycles. The minimum absolute atomic E-state index is 0.00486. The van der Waals surface area contributed by atoms with Gasteiger partial charge in [0.15, 0.2) is 0 Å². The average Bonchev–Trinajstić information content (AvgIpc) is 2.27. The summed E-state index contributed by atoms with van der Waals surface area (Å²) in [5.41, 5.74) is 0. The summed E-state index contributed by atoms with van der Waals surface area (Å²) in [7, 11) is -0.760.